The summed E-state index contributed by atoms with van der Waals surface area (Å²) < 4.78 is 2.04. The number of rotatable bonds is 6. The Balaban J connectivity index is 2.00. The highest BCUT2D eigenvalue weighted by molar-refractivity contribution is 4.92. The van der Waals surface area contributed by atoms with Crippen LogP contribution in [0.3, 0.4) is 0 Å². The average Bonchev–Trinajstić information content (AvgIpc) is 2.76. The van der Waals surface area contributed by atoms with E-state index in [-0.39, 0.29) is 0 Å². The summed E-state index contributed by atoms with van der Waals surface area (Å²) in [6, 6.07) is 0.671. The molecule has 0 amide bonds. The average molecular weight is 264 g/mol. The standard InChI is InChI=1S/C15H28N4/c1-3-10-16-14-9-7-5-6-8-13(14)11-15-17-12-18-19(15)4-2/h12-14,16H,3-11H2,1-2H3. The molecule has 0 aliphatic heterocycles. The van der Waals surface area contributed by atoms with Crippen LogP contribution >= 0.6 is 0 Å². The molecule has 1 aliphatic carbocycles. The van der Waals surface area contributed by atoms with E-state index in [1.54, 1.807) is 6.33 Å². The highest BCUT2D eigenvalue weighted by Gasteiger charge is 2.24. The van der Waals surface area contributed by atoms with Gasteiger partial charge in [0, 0.05) is 19.0 Å². The molecule has 108 valence electrons. The Hall–Kier alpha value is -0.900. The lowest BCUT2D eigenvalue weighted by Gasteiger charge is -2.26. The number of aryl methyl sites for hydroxylation is 1. The lowest BCUT2D eigenvalue weighted by atomic mass is 9.91. The molecule has 1 heterocycles. The lowest BCUT2D eigenvalue weighted by Crippen LogP contribution is -2.37. The second-order valence-corrected chi connectivity index (χ2v) is 5.65. The SMILES string of the molecule is CCCNC1CCCCCC1Cc1ncnn1CC. The van der Waals surface area contributed by atoms with Crippen molar-refractivity contribution in [2.45, 2.75) is 71.4 Å². The molecule has 2 unspecified atom stereocenters. The monoisotopic (exact) mass is 264 g/mol. The van der Waals surface area contributed by atoms with E-state index in [0.717, 1.165) is 31.3 Å². The van der Waals surface area contributed by atoms with Crippen LogP contribution in [0.2, 0.25) is 0 Å². The Bertz CT molecular complexity index is 361. The molecule has 4 nitrogen and oxygen atoms in total. The highest BCUT2D eigenvalue weighted by Crippen LogP contribution is 2.26. The molecule has 2 rings (SSSR count). The normalized spacial score (nSPS) is 24.3. The molecule has 1 N–H and O–H groups in total. The minimum atomic E-state index is 0.671. The van der Waals surface area contributed by atoms with Crippen molar-refractivity contribution < 1.29 is 0 Å². The van der Waals surface area contributed by atoms with Gasteiger partial charge in [0.1, 0.15) is 12.2 Å². The zero-order valence-corrected chi connectivity index (χ0v) is 12.4. The zero-order valence-electron chi connectivity index (χ0n) is 12.4. The van der Waals surface area contributed by atoms with E-state index in [9.17, 15) is 0 Å². The second kappa shape index (κ2) is 7.63. The molecule has 0 radical (unpaired) electrons. The molecular formula is C15H28N4. The van der Waals surface area contributed by atoms with E-state index >= 15 is 0 Å². The van der Waals surface area contributed by atoms with E-state index in [1.807, 2.05) is 4.68 Å². The third-order valence-corrected chi connectivity index (χ3v) is 4.26. The summed E-state index contributed by atoms with van der Waals surface area (Å²) in [4.78, 5) is 4.45. The van der Waals surface area contributed by atoms with Crippen molar-refractivity contribution in [2.24, 2.45) is 5.92 Å². The fourth-order valence-corrected chi connectivity index (χ4v) is 3.17. The Labute approximate surface area is 117 Å². The van der Waals surface area contributed by atoms with Crippen LogP contribution < -0.4 is 5.32 Å². The minimum Gasteiger partial charge on any atom is -0.314 e. The summed E-state index contributed by atoms with van der Waals surface area (Å²) in [5, 5.41) is 8.05. The molecule has 4 heteroatoms. The maximum absolute atomic E-state index is 4.45. The van der Waals surface area contributed by atoms with Gasteiger partial charge in [-0.15, -0.1) is 0 Å². The molecule has 2 atom stereocenters. The number of nitrogens with zero attached hydrogens (tertiary/aromatic N) is 3. The Morgan fingerprint density at radius 1 is 1.26 bits per heavy atom. The second-order valence-electron chi connectivity index (χ2n) is 5.65. The van der Waals surface area contributed by atoms with Crippen LogP contribution in [0.25, 0.3) is 0 Å². The maximum atomic E-state index is 4.45. The smallest absolute Gasteiger partial charge is 0.138 e. The molecular weight excluding hydrogens is 236 g/mol. The van der Waals surface area contributed by atoms with Gasteiger partial charge in [-0.05, 0) is 38.6 Å². The number of nitrogens with one attached hydrogen (secondary N) is 1. The molecule has 0 spiro atoms. The minimum absolute atomic E-state index is 0.671. The van der Waals surface area contributed by atoms with Crippen LogP contribution in [-0.4, -0.2) is 27.4 Å². The zero-order chi connectivity index (χ0) is 13.5. The van der Waals surface area contributed by atoms with Crippen molar-refractivity contribution in [1.29, 1.82) is 0 Å². The van der Waals surface area contributed by atoms with Crippen LogP contribution in [0.5, 0.6) is 0 Å². The van der Waals surface area contributed by atoms with Gasteiger partial charge in [-0.3, -0.25) is 4.68 Å². The van der Waals surface area contributed by atoms with Crippen LogP contribution in [0.1, 0.15) is 58.2 Å². The fraction of sp³-hybridized carbons (Fsp3) is 0.867. The van der Waals surface area contributed by atoms with E-state index in [1.165, 1.54) is 38.5 Å². The first-order valence-corrected chi connectivity index (χ1v) is 7.95. The highest BCUT2D eigenvalue weighted by atomic mass is 15.3. The summed E-state index contributed by atoms with van der Waals surface area (Å²) >= 11 is 0. The van der Waals surface area contributed by atoms with Crippen LogP contribution in [0.15, 0.2) is 6.33 Å². The van der Waals surface area contributed by atoms with E-state index in [2.05, 4.69) is 29.2 Å². The molecule has 19 heavy (non-hydrogen) atoms. The predicted molar refractivity (Wildman–Crippen MR) is 78.1 cm³/mol. The largest absolute Gasteiger partial charge is 0.314 e. The summed E-state index contributed by atoms with van der Waals surface area (Å²) in [5.74, 6) is 1.89. The molecule has 0 aromatic carbocycles. The Morgan fingerprint density at radius 2 is 2.11 bits per heavy atom. The Morgan fingerprint density at radius 3 is 2.89 bits per heavy atom. The van der Waals surface area contributed by atoms with Crippen LogP contribution in [0.4, 0.5) is 0 Å². The van der Waals surface area contributed by atoms with Gasteiger partial charge < -0.3 is 5.32 Å². The van der Waals surface area contributed by atoms with Crippen molar-refractivity contribution in [3.63, 3.8) is 0 Å². The van der Waals surface area contributed by atoms with E-state index < -0.39 is 0 Å². The van der Waals surface area contributed by atoms with Crippen molar-refractivity contribution in [2.75, 3.05) is 6.54 Å². The van der Waals surface area contributed by atoms with E-state index in [4.69, 9.17) is 0 Å². The molecule has 1 aliphatic rings. The molecule has 1 saturated carbocycles. The van der Waals surface area contributed by atoms with Crippen LogP contribution in [0, 0.1) is 5.92 Å². The molecule has 1 aromatic rings. The third kappa shape index (κ3) is 4.03. The summed E-state index contributed by atoms with van der Waals surface area (Å²) in [6.07, 6.45) is 10.8. The first-order chi connectivity index (χ1) is 9.35. The maximum Gasteiger partial charge on any atom is 0.138 e. The number of hydrogen-bond donors (Lipinski definition) is 1. The van der Waals surface area contributed by atoms with Crippen molar-refractivity contribution in [3.8, 4) is 0 Å². The van der Waals surface area contributed by atoms with Gasteiger partial charge in [0.2, 0.25) is 0 Å². The topological polar surface area (TPSA) is 42.7 Å². The van der Waals surface area contributed by atoms with Gasteiger partial charge in [-0.25, -0.2) is 4.98 Å². The quantitative estimate of drug-likeness (QED) is 0.803. The van der Waals surface area contributed by atoms with Gasteiger partial charge in [-0.2, -0.15) is 5.10 Å². The van der Waals surface area contributed by atoms with E-state index in [0.29, 0.717) is 6.04 Å². The third-order valence-electron chi connectivity index (χ3n) is 4.26. The van der Waals surface area contributed by atoms with Crippen molar-refractivity contribution in [1.82, 2.24) is 20.1 Å². The predicted octanol–water partition coefficient (Wildman–Crippen LogP) is 2.79. The van der Waals surface area contributed by atoms with Gasteiger partial charge in [0.05, 0.1) is 0 Å². The summed E-state index contributed by atoms with van der Waals surface area (Å²) in [7, 11) is 0. The summed E-state index contributed by atoms with van der Waals surface area (Å²) in [6.45, 7) is 6.45. The van der Waals surface area contributed by atoms with Gasteiger partial charge in [0.15, 0.2) is 0 Å². The molecule has 0 saturated heterocycles. The van der Waals surface area contributed by atoms with Crippen molar-refractivity contribution >= 4 is 0 Å². The first-order valence-electron chi connectivity index (χ1n) is 7.95. The molecule has 1 aromatic heterocycles. The van der Waals surface area contributed by atoms with Gasteiger partial charge in [-0.1, -0.05) is 26.2 Å². The summed E-state index contributed by atoms with van der Waals surface area (Å²) in [5.41, 5.74) is 0. The first kappa shape index (κ1) is 14.5. The van der Waals surface area contributed by atoms with Gasteiger partial charge >= 0.3 is 0 Å². The van der Waals surface area contributed by atoms with Gasteiger partial charge in [0.25, 0.3) is 0 Å². The molecule has 1 fully saturated rings. The van der Waals surface area contributed by atoms with Crippen molar-refractivity contribution in [3.05, 3.63) is 12.2 Å². The lowest BCUT2D eigenvalue weighted by molar-refractivity contribution is 0.324. The molecule has 0 bridgehead atoms. The van der Waals surface area contributed by atoms with Crippen LogP contribution in [-0.2, 0) is 13.0 Å². The fourth-order valence-electron chi connectivity index (χ4n) is 3.17. The number of hydrogen-bond acceptors (Lipinski definition) is 3. The Kier molecular flexibility index (Phi) is 5.83. The number of aromatic nitrogens is 3.